The number of hydrogen-bond acceptors (Lipinski definition) is 3. The summed E-state index contributed by atoms with van der Waals surface area (Å²) < 4.78 is 10.9. The molecular weight excluding hydrogens is 298 g/mol. The van der Waals surface area contributed by atoms with Gasteiger partial charge >= 0.3 is 0 Å². The highest BCUT2D eigenvalue weighted by Crippen LogP contribution is 2.38. The molecule has 2 aromatic carbocycles. The van der Waals surface area contributed by atoms with Gasteiger partial charge in [-0.1, -0.05) is 36.4 Å². The summed E-state index contributed by atoms with van der Waals surface area (Å²) in [6, 6.07) is 18.2. The second kappa shape index (κ2) is 6.96. The fourth-order valence-corrected chi connectivity index (χ4v) is 4.17. The van der Waals surface area contributed by atoms with Gasteiger partial charge in [0.2, 0.25) is 0 Å². The van der Waals surface area contributed by atoms with Crippen LogP contribution in [0.2, 0.25) is 0 Å². The van der Waals surface area contributed by atoms with E-state index < -0.39 is 0 Å². The van der Waals surface area contributed by atoms with Gasteiger partial charge in [-0.05, 0) is 41.7 Å². The number of rotatable bonds is 3. The molecule has 1 saturated heterocycles. The average Bonchev–Trinajstić information content (AvgIpc) is 2.68. The van der Waals surface area contributed by atoms with Crippen LogP contribution in [0.4, 0.5) is 0 Å². The van der Waals surface area contributed by atoms with Crippen LogP contribution in [0, 0.1) is 0 Å². The topological polar surface area (TPSA) is 21.7 Å². The molecule has 0 amide bonds. The molecule has 0 aromatic heterocycles. The van der Waals surface area contributed by atoms with Crippen LogP contribution in [0.3, 0.4) is 0 Å². The van der Waals surface area contributed by atoms with Crippen LogP contribution in [0.15, 0.2) is 48.5 Å². The minimum atomic E-state index is 0.466. The molecule has 4 rings (SSSR count). The van der Waals surface area contributed by atoms with Crippen LogP contribution in [0.5, 0.6) is 5.75 Å². The number of fused-ring (bicyclic) bond motifs is 1. The molecule has 1 heterocycles. The Bertz CT molecular complexity index is 676. The van der Waals surface area contributed by atoms with Gasteiger partial charge in [0.25, 0.3) is 0 Å². The molecule has 0 spiro atoms. The average molecular weight is 323 g/mol. The van der Waals surface area contributed by atoms with Gasteiger partial charge < -0.3 is 9.47 Å². The lowest BCUT2D eigenvalue weighted by atomic mass is 9.76. The fourth-order valence-electron chi connectivity index (χ4n) is 4.17. The van der Waals surface area contributed by atoms with Crippen LogP contribution in [0.25, 0.3) is 0 Å². The second-order valence-corrected chi connectivity index (χ2v) is 6.77. The molecule has 24 heavy (non-hydrogen) atoms. The second-order valence-electron chi connectivity index (χ2n) is 6.77. The molecule has 2 atom stereocenters. The lowest BCUT2D eigenvalue weighted by Crippen LogP contribution is -2.46. The molecular formula is C21H25NO2. The van der Waals surface area contributed by atoms with E-state index >= 15 is 0 Å². The summed E-state index contributed by atoms with van der Waals surface area (Å²) in [5, 5.41) is 0. The van der Waals surface area contributed by atoms with Gasteiger partial charge in [0.05, 0.1) is 20.3 Å². The van der Waals surface area contributed by atoms with E-state index in [4.69, 9.17) is 9.47 Å². The van der Waals surface area contributed by atoms with E-state index in [9.17, 15) is 0 Å². The van der Waals surface area contributed by atoms with Gasteiger partial charge in [0.1, 0.15) is 5.75 Å². The number of hydrogen-bond donors (Lipinski definition) is 0. The van der Waals surface area contributed by atoms with Crippen molar-refractivity contribution in [1.29, 1.82) is 0 Å². The van der Waals surface area contributed by atoms with Crippen LogP contribution < -0.4 is 4.74 Å². The maximum Gasteiger partial charge on any atom is 0.118 e. The van der Waals surface area contributed by atoms with Crippen molar-refractivity contribution >= 4 is 0 Å². The predicted molar refractivity (Wildman–Crippen MR) is 95.8 cm³/mol. The van der Waals surface area contributed by atoms with Gasteiger partial charge in [-0.25, -0.2) is 0 Å². The Balaban J connectivity index is 1.65. The molecule has 0 radical (unpaired) electrons. The molecule has 0 N–H and O–H groups in total. The number of ether oxygens (including phenoxy) is 2. The fraction of sp³-hybridized carbons (Fsp3) is 0.429. The molecule has 0 saturated carbocycles. The zero-order valence-corrected chi connectivity index (χ0v) is 14.3. The first-order chi connectivity index (χ1) is 11.8. The third kappa shape index (κ3) is 3.06. The first-order valence-electron chi connectivity index (χ1n) is 8.88. The molecule has 3 nitrogen and oxygen atoms in total. The molecule has 1 aliphatic heterocycles. The third-order valence-electron chi connectivity index (χ3n) is 5.47. The highest BCUT2D eigenvalue weighted by molar-refractivity contribution is 5.42. The van der Waals surface area contributed by atoms with Crippen molar-refractivity contribution < 1.29 is 9.47 Å². The van der Waals surface area contributed by atoms with Crippen LogP contribution >= 0.6 is 0 Å². The quantitative estimate of drug-likeness (QED) is 0.863. The molecule has 3 heteroatoms. The summed E-state index contributed by atoms with van der Waals surface area (Å²) >= 11 is 0. The van der Waals surface area contributed by atoms with E-state index in [0.29, 0.717) is 12.0 Å². The van der Waals surface area contributed by atoms with Crippen molar-refractivity contribution in [2.24, 2.45) is 0 Å². The minimum Gasteiger partial charge on any atom is -0.497 e. The monoisotopic (exact) mass is 323 g/mol. The normalized spacial score (nSPS) is 24.4. The van der Waals surface area contributed by atoms with Gasteiger partial charge in [0, 0.05) is 25.0 Å². The summed E-state index contributed by atoms with van der Waals surface area (Å²) in [4.78, 5) is 2.62. The molecule has 0 bridgehead atoms. The van der Waals surface area contributed by atoms with Crippen molar-refractivity contribution in [2.75, 3.05) is 33.4 Å². The van der Waals surface area contributed by atoms with Gasteiger partial charge in [-0.3, -0.25) is 4.90 Å². The smallest absolute Gasteiger partial charge is 0.118 e. The van der Waals surface area contributed by atoms with Gasteiger partial charge in [-0.15, -0.1) is 0 Å². The van der Waals surface area contributed by atoms with Crippen molar-refractivity contribution in [3.8, 4) is 5.75 Å². The number of morpholine rings is 1. The highest BCUT2D eigenvalue weighted by Gasteiger charge is 2.31. The first kappa shape index (κ1) is 15.7. The number of benzene rings is 2. The summed E-state index contributed by atoms with van der Waals surface area (Å²) in [6.45, 7) is 3.85. The van der Waals surface area contributed by atoms with E-state index in [0.717, 1.165) is 38.5 Å². The summed E-state index contributed by atoms with van der Waals surface area (Å²) in [5.74, 6) is 1.39. The number of methoxy groups -OCH3 is 1. The van der Waals surface area contributed by atoms with Crippen LogP contribution in [-0.4, -0.2) is 44.4 Å². The Morgan fingerprint density at radius 3 is 2.50 bits per heavy atom. The van der Waals surface area contributed by atoms with E-state index in [1.54, 1.807) is 7.11 Å². The maximum atomic E-state index is 5.54. The number of nitrogens with zero attached hydrogens (tertiary/aromatic N) is 1. The standard InChI is InChI=1S/C21H25NO2/c1-23-19-8-6-16(7-9-19)21-15-18(22-10-12-24-13-11-22)14-17-4-2-3-5-20(17)21/h2-9,18,21H,10-15H2,1H3. The Morgan fingerprint density at radius 2 is 1.75 bits per heavy atom. The van der Waals surface area contributed by atoms with E-state index in [2.05, 4.69) is 53.4 Å². The minimum absolute atomic E-state index is 0.466. The molecule has 2 unspecified atom stereocenters. The van der Waals surface area contributed by atoms with Crippen LogP contribution in [-0.2, 0) is 11.2 Å². The van der Waals surface area contributed by atoms with Gasteiger partial charge in [0.15, 0.2) is 0 Å². The Morgan fingerprint density at radius 1 is 1.00 bits per heavy atom. The molecule has 126 valence electrons. The summed E-state index contributed by atoms with van der Waals surface area (Å²) in [6.07, 6.45) is 2.34. The third-order valence-corrected chi connectivity index (χ3v) is 5.47. The molecule has 2 aromatic rings. The van der Waals surface area contributed by atoms with Gasteiger partial charge in [-0.2, -0.15) is 0 Å². The maximum absolute atomic E-state index is 5.54. The van der Waals surface area contributed by atoms with Crippen molar-refractivity contribution in [1.82, 2.24) is 4.90 Å². The largest absolute Gasteiger partial charge is 0.497 e. The predicted octanol–water partition coefficient (Wildman–Crippen LogP) is 3.47. The zero-order valence-electron chi connectivity index (χ0n) is 14.3. The zero-order chi connectivity index (χ0) is 16.4. The van der Waals surface area contributed by atoms with Crippen molar-refractivity contribution in [3.05, 3.63) is 65.2 Å². The first-order valence-corrected chi connectivity index (χ1v) is 8.88. The van der Waals surface area contributed by atoms with E-state index in [-0.39, 0.29) is 0 Å². The molecule has 1 fully saturated rings. The summed E-state index contributed by atoms with van der Waals surface area (Å²) in [5.41, 5.74) is 4.38. The molecule has 1 aliphatic carbocycles. The highest BCUT2D eigenvalue weighted by atomic mass is 16.5. The Kier molecular flexibility index (Phi) is 4.54. The van der Waals surface area contributed by atoms with E-state index in [1.165, 1.54) is 23.1 Å². The molecule has 2 aliphatic rings. The van der Waals surface area contributed by atoms with E-state index in [1.807, 2.05) is 0 Å². The lowest BCUT2D eigenvalue weighted by molar-refractivity contribution is 0.0126. The summed E-state index contributed by atoms with van der Waals surface area (Å²) in [7, 11) is 1.72. The van der Waals surface area contributed by atoms with Crippen molar-refractivity contribution in [2.45, 2.75) is 24.8 Å². The Hall–Kier alpha value is -1.84. The lowest BCUT2D eigenvalue weighted by Gasteiger charge is -2.40. The SMILES string of the molecule is COc1ccc(C2CC(N3CCOCC3)Cc3ccccc32)cc1. The van der Waals surface area contributed by atoms with Crippen molar-refractivity contribution in [3.63, 3.8) is 0 Å². The Labute approximate surface area is 144 Å². The van der Waals surface area contributed by atoms with Crippen LogP contribution in [0.1, 0.15) is 29.0 Å².